The van der Waals surface area contributed by atoms with Gasteiger partial charge in [-0.05, 0) is 43.0 Å². The fourth-order valence-electron chi connectivity index (χ4n) is 2.41. The first-order chi connectivity index (χ1) is 8.08. The van der Waals surface area contributed by atoms with Crippen molar-refractivity contribution < 1.29 is 4.39 Å². The molecule has 0 aliphatic heterocycles. The van der Waals surface area contributed by atoms with Crippen molar-refractivity contribution in [3.05, 3.63) is 34.8 Å². The third kappa shape index (κ3) is 1.95. The molecular weight excluding hydrogens is 215 g/mol. The minimum Gasteiger partial charge on any atom is -0.358 e. The number of H-pyrrole nitrogens is 1. The summed E-state index contributed by atoms with van der Waals surface area (Å²) in [4.78, 5) is 3.38. The lowest BCUT2D eigenvalue weighted by molar-refractivity contribution is 0.628. The van der Waals surface area contributed by atoms with E-state index in [1.807, 2.05) is 6.92 Å². The number of fused-ring (bicyclic) bond motifs is 1. The number of aromatic nitrogens is 1. The van der Waals surface area contributed by atoms with Gasteiger partial charge in [0.15, 0.2) is 0 Å². The molecule has 3 heteroatoms. The number of nitrogens with two attached hydrogens (primary N) is 1. The number of benzene rings is 1. The maximum Gasteiger partial charge on any atom is 0.124 e. The van der Waals surface area contributed by atoms with Crippen molar-refractivity contribution in [2.45, 2.75) is 39.7 Å². The summed E-state index contributed by atoms with van der Waals surface area (Å²) in [5, 5.41) is 0.939. The second kappa shape index (κ2) is 4.49. The lowest BCUT2D eigenvalue weighted by Gasteiger charge is -2.10. The Kier molecular flexibility index (Phi) is 3.20. The Morgan fingerprint density at radius 2 is 2.06 bits per heavy atom. The first-order valence-corrected chi connectivity index (χ1v) is 6.14. The molecule has 0 fully saturated rings. The van der Waals surface area contributed by atoms with E-state index >= 15 is 0 Å². The molecule has 0 amide bonds. The number of rotatable bonds is 3. The highest BCUT2D eigenvalue weighted by atomic mass is 19.1. The largest absolute Gasteiger partial charge is 0.358 e. The van der Waals surface area contributed by atoms with Crippen LogP contribution in [0.15, 0.2) is 12.1 Å². The molecule has 0 spiro atoms. The van der Waals surface area contributed by atoms with Crippen LogP contribution in [0, 0.1) is 12.7 Å². The van der Waals surface area contributed by atoms with Crippen LogP contribution in [0.1, 0.15) is 43.1 Å². The molecule has 2 nitrogen and oxygen atoms in total. The van der Waals surface area contributed by atoms with Gasteiger partial charge < -0.3 is 10.7 Å². The molecule has 0 saturated heterocycles. The maximum absolute atomic E-state index is 13.5. The molecule has 1 unspecified atom stereocenters. The van der Waals surface area contributed by atoms with E-state index in [1.54, 1.807) is 12.1 Å². The number of hydrogen-bond donors (Lipinski definition) is 2. The molecule has 0 saturated carbocycles. The minimum absolute atomic E-state index is 0.0279. The molecule has 0 aliphatic carbocycles. The fourth-order valence-corrected chi connectivity index (χ4v) is 2.41. The zero-order valence-electron chi connectivity index (χ0n) is 10.6. The zero-order valence-corrected chi connectivity index (χ0v) is 10.6. The summed E-state index contributed by atoms with van der Waals surface area (Å²) >= 11 is 0. The van der Waals surface area contributed by atoms with E-state index in [4.69, 9.17) is 5.73 Å². The number of nitrogens with one attached hydrogen (secondary N) is 1. The standard InChI is InChI=1S/C14H19FN2/c1-4-11(16)13-10-7-9(15)6-8(3)14(10)17-12(13)5-2/h6-7,11,17H,4-5,16H2,1-3H3. The van der Waals surface area contributed by atoms with E-state index in [0.717, 1.165) is 40.6 Å². The van der Waals surface area contributed by atoms with Crippen molar-refractivity contribution in [2.24, 2.45) is 5.73 Å². The van der Waals surface area contributed by atoms with Crippen molar-refractivity contribution in [1.82, 2.24) is 4.98 Å². The molecule has 1 atom stereocenters. The Balaban J connectivity index is 2.78. The van der Waals surface area contributed by atoms with Crippen molar-refractivity contribution in [3.63, 3.8) is 0 Å². The SMILES string of the molecule is CCc1[nH]c2c(C)cc(F)cc2c1C(N)CC. The van der Waals surface area contributed by atoms with Gasteiger partial charge in [-0.1, -0.05) is 13.8 Å². The molecule has 0 aliphatic rings. The van der Waals surface area contributed by atoms with E-state index in [9.17, 15) is 4.39 Å². The molecule has 1 heterocycles. The molecule has 2 aromatic rings. The van der Waals surface area contributed by atoms with E-state index in [2.05, 4.69) is 18.8 Å². The fraction of sp³-hybridized carbons (Fsp3) is 0.429. The van der Waals surface area contributed by atoms with Gasteiger partial charge in [0.05, 0.1) is 0 Å². The Hall–Kier alpha value is -1.35. The third-order valence-corrected chi connectivity index (χ3v) is 3.36. The molecule has 92 valence electrons. The summed E-state index contributed by atoms with van der Waals surface area (Å²) in [7, 11) is 0. The Bertz CT molecular complexity index is 543. The first kappa shape index (κ1) is 12.1. The Morgan fingerprint density at radius 1 is 1.35 bits per heavy atom. The Labute approximate surface area is 101 Å². The average Bonchev–Trinajstić information content (AvgIpc) is 2.66. The molecule has 1 aromatic heterocycles. The molecular formula is C14H19FN2. The van der Waals surface area contributed by atoms with Gasteiger partial charge in [0.25, 0.3) is 0 Å². The van der Waals surface area contributed by atoms with Gasteiger partial charge >= 0.3 is 0 Å². The van der Waals surface area contributed by atoms with Crippen molar-refractivity contribution >= 4 is 10.9 Å². The van der Waals surface area contributed by atoms with E-state index < -0.39 is 0 Å². The van der Waals surface area contributed by atoms with Crippen LogP contribution in [0.4, 0.5) is 4.39 Å². The minimum atomic E-state index is -0.193. The number of aryl methyl sites for hydroxylation is 2. The highest BCUT2D eigenvalue weighted by Crippen LogP contribution is 2.31. The number of aromatic amines is 1. The summed E-state index contributed by atoms with van der Waals surface area (Å²) in [5.41, 5.74) is 10.3. The molecule has 0 radical (unpaired) electrons. The highest BCUT2D eigenvalue weighted by molar-refractivity contribution is 5.87. The summed E-state index contributed by atoms with van der Waals surface area (Å²) in [6, 6.07) is 3.11. The summed E-state index contributed by atoms with van der Waals surface area (Å²) < 4.78 is 13.5. The van der Waals surface area contributed by atoms with E-state index in [-0.39, 0.29) is 11.9 Å². The van der Waals surface area contributed by atoms with Gasteiger partial charge in [0, 0.05) is 22.6 Å². The van der Waals surface area contributed by atoms with Crippen molar-refractivity contribution in [1.29, 1.82) is 0 Å². The quantitative estimate of drug-likeness (QED) is 0.837. The van der Waals surface area contributed by atoms with Crippen LogP contribution in [-0.4, -0.2) is 4.98 Å². The summed E-state index contributed by atoms with van der Waals surface area (Å²) in [6.07, 6.45) is 1.74. The van der Waals surface area contributed by atoms with E-state index in [1.165, 1.54) is 0 Å². The monoisotopic (exact) mass is 234 g/mol. The van der Waals surface area contributed by atoms with Gasteiger partial charge in [-0.2, -0.15) is 0 Å². The molecule has 3 N–H and O–H groups in total. The average molecular weight is 234 g/mol. The zero-order chi connectivity index (χ0) is 12.6. The topological polar surface area (TPSA) is 41.8 Å². The lowest BCUT2D eigenvalue weighted by atomic mass is 9.99. The second-order valence-electron chi connectivity index (χ2n) is 4.53. The van der Waals surface area contributed by atoms with Crippen LogP contribution in [0.2, 0.25) is 0 Å². The number of halogens is 1. The van der Waals surface area contributed by atoms with Gasteiger partial charge in [-0.15, -0.1) is 0 Å². The smallest absolute Gasteiger partial charge is 0.124 e. The van der Waals surface area contributed by atoms with Crippen molar-refractivity contribution in [3.8, 4) is 0 Å². The molecule has 17 heavy (non-hydrogen) atoms. The highest BCUT2D eigenvalue weighted by Gasteiger charge is 2.17. The normalized spacial score (nSPS) is 13.2. The van der Waals surface area contributed by atoms with Crippen LogP contribution in [0.3, 0.4) is 0 Å². The third-order valence-electron chi connectivity index (χ3n) is 3.36. The molecule has 2 rings (SSSR count). The first-order valence-electron chi connectivity index (χ1n) is 6.14. The molecule has 1 aromatic carbocycles. The predicted molar refractivity (Wildman–Crippen MR) is 69.6 cm³/mol. The number of hydrogen-bond acceptors (Lipinski definition) is 1. The van der Waals surface area contributed by atoms with Gasteiger partial charge in [-0.25, -0.2) is 4.39 Å². The van der Waals surface area contributed by atoms with Gasteiger partial charge in [0.1, 0.15) is 5.82 Å². The maximum atomic E-state index is 13.5. The van der Waals surface area contributed by atoms with Crippen LogP contribution in [0.5, 0.6) is 0 Å². The lowest BCUT2D eigenvalue weighted by Crippen LogP contribution is -2.10. The van der Waals surface area contributed by atoms with E-state index in [0.29, 0.717) is 0 Å². The summed E-state index contributed by atoms with van der Waals surface area (Å²) in [6.45, 7) is 6.06. The van der Waals surface area contributed by atoms with Crippen LogP contribution >= 0.6 is 0 Å². The Morgan fingerprint density at radius 3 is 2.65 bits per heavy atom. The van der Waals surface area contributed by atoms with Crippen LogP contribution < -0.4 is 5.73 Å². The summed E-state index contributed by atoms with van der Waals surface area (Å²) in [5.74, 6) is -0.193. The predicted octanol–water partition coefficient (Wildman–Crippen LogP) is 3.59. The molecule has 0 bridgehead atoms. The van der Waals surface area contributed by atoms with Gasteiger partial charge in [-0.3, -0.25) is 0 Å². The van der Waals surface area contributed by atoms with Crippen LogP contribution in [0.25, 0.3) is 10.9 Å². The van der Waals surface area contributed by atoms with Crippen LogP contribution in [-0.2, 0) is 6.42 Å². The van der Waals surface area contributed by atoms with Crippen molar-refractivity contribution in [2.75, 3.05) is 0 Å². The van der Waals surface area contributed by atoms with Gasteiger partial charge in [0.2, 0.25) is 0 Å². The second-order valence-corrected chi connectivity index (χ2v) is 4.53.